The number of hydrogen-bond donors (Lipinski definition) is 1. The highest BCUT2D eigenvalue weighted by Gasteiger charge is 2.72. The normalized spacial score (nSPS) is 25.8. The Kier molecular flexibility index (Phi) is 16.9. The van der Waals surface area contributed by atoms with Crippen molar-refractivity contribution in [2.24, 2.45) is 11.8 Å². The summed E-state index contributed by atoms with van der Waals surface area (Å²) in [7, 11) is 0. The quantitative estimate of drug-likeness (QED) is 0.0893. The van der Waals surface area contributed by atoms with E-state index in [-0.39, 0.29) is 0 Å². The Morgan fingerprint density at radius 1 is 0.632 bits per heavy atom. The van der Waals surface area contributed by atoms with Gasteiger partial charge in [-0.15, -0.1) is 0 Å². The van der Waals surface area contributed by atoms with Gasteiger partial charge in [0.2, 0.25) is 12.1 Å². The maximum Gasteiger partial charge on any atom is 0.434 e. The van der Waals surface area contributed by atoms with Gasteiger partial charge in [0.1, 0.15) is 0 Å². The van der Waals surface area contributed by atoms with Crippen molar-refractivity contribution in [2.45, 2.75) is 99.7 Å². The number of aliphatic hydroxyl groups is 1. The summed E-state index contributed by atoms with van der Waals surface area (Å²) in [5.74, 6) is -13.7. The zero-order valence-electron chi connectivity index (χ0n) is 27.4. The molecule has 2 fully saturated rings. The molecule has 10 nitrogen and oxygen atoms in total. The fourth-order valence-corrected chi connectivity index (χ4v) is 4.05. The Balaban J connectivity index is 0.000000974. The third-order valence-corrected chi connectivity index (χ3v) is 6.89. The molecular weight excluding hydrogens is 888 g/mol. The summed E-state index contributed by atoms with van der Waals surface area (Å²) < 4.78 is 269. The van der Waals surface area contributed by atoms with Crippen LogP contribution in [0.25, 0.3) is 0 Å². The number of carbonyl (C=O) groups is 4. The Labute approximate surface area is 307 Å². The maximum absolute atomic E-state index is 13.3. The standard InChI is InChI=1S/C13H10F10O5.C10H9F9O4.C3H2ClFO/c1-4-3-10(13(21,22)23,28-7(4)26-6(24)5(2)14)9(25)27-8(11(15,16)17)12(18,19)20;1-3-2-7(10(17,18)19,23-4(3)20)6(21)22-5(8(11,12)13)9(14,15)16;1-2(5)3(4)6/h4,7-8H,2-3H2,1H3;3-5,20H,2H2,1H3;1H2. The Morgan fingerprint density at radius 2 is 0.930 bits per heavy atom. The van der Waals surface area contributed by atoms with Gasteiger partial charge in [0, 0.05) is 24.7 Å². The van der Waals surface area contributed by atoms with Crippen LogP contribution < -0.4 is 0 Å². The van der Waals surface area contributed by atoms with Gasteiger partial charge in [0.05, 0.1) is 0 Å². The van der Waals surface area contributed by atoms with Crippen LogP contribution in [0.3, 0.4) is 0 Å². The van der Waals surface area contributed by atoms with E-state index in [4.69, 9.17) is 5.11 Å². The second-order valence-electron chi connectivity index (χ2n) is 11.2. The molecule has 332 valence electrons. The molecule has 0 spiro atoms. The van der Waals surface area contributed by atoms with Gasteiger partial charge in [-0.05, 0) is 11.6 Å². The van der Waals surface area contributed by atoms with Crippen LogP contribution in [0, 0.1) is 11.8 Å². The first-order valence-corrected chi connectivity index (χ1v) is 14.3. The van der Waals surface area contributed by atoms with Gasteiger partial charge in [-0.25, -0.2) is 18.8 Å². The molecule has 6 atom stereocenters. The van der Waals surface area contributed by atoms with Crippen LogP contribution in [-0.2, 0) is 42.9 Å². The van der Waals surface area contributed by atoms with Crippen LogP contribution in [0.1, 0.15) is 26.7 Å². The summed E-state index contributed by atoms with van der Waals surface area (Å²) >= 11 is 4.50. The maximum atomic E-state index is 13.3. The van der Waals surface area contributed by atoms with Crippen molar-refractivity contribution in [3.05, 3.63) is 24.8 Å². The van der Waals surface area contributed by atoms with Crippen LogP contribution in [-0.4, -0.2) is 101 Å². The van der Waals surface area contributed by atoms with Crippen molar-refractivity contribution in [1.82, 2.24) is 0 Å². The van der Waals surface area contributed by atoms with Crippen LogP contribution >= 0.6 is 11.6 Å². The molecule has 1 N–H and O–H groups in total. The molecule has 2 rings (SSSR count). The monoisotopic (exact) mass is 908 g/mol. The van der Waals surface area contributed by atoms with Gasteiger partial charge in [-0.2, -0.15) is 83.4 Å². The third-order valence-electron chi connectivity index (χ3n) is 6.68. The number of carbonyl (C=O) groups excluding carboxylic acids is 4. The molecule has 6 unspecified atom stereocenters. The second-order valence-corrected chi connectivity index (χ2v) is 11.6. The fourth-order valence-electron chi connectivity index (χ4n) is 4.05. The molecule has 0 aliphatic carbocycles. The molecule has 0 bridgehead atoms. The average molecular weight is 909 g/mol. The predicted octanol–water partition coefficient (Wildman–Crippen LogP) is 7.67. The minimum Gasteiger partial charge on any atom is -0.440 e. The molecule has 2 saturated heterocycles. The number of allylic oxidation sites excluding steroid dienone is 1. The van der Waals surface area contributed by atoms with E-state index >= 15 is 0 Å². The number of hydrogen-bond acceptors (Lipinski definition) is 10. The lowest BCUT2D eigenvalue weighted by atomic mass is 9.94. The number of alkyl halides is 18. The lowest BCUT2D eigenvalue weighted by Crippen LogP contribution is -2.57. The molecule has 0 aromatic heterocycles. The SMILES string of the molecule is C=C(F)C(=O)Cl.C=C(F)C(=O)OC1OC(C(=O)OC(C(F)(F)F)C(F)(F)F)(C(F)(F)F)CC1C.CC1CC(C(=O)OC(C(F)(F)F)C(F)(F)F)(C(F)(F)F)OC1O. The van der Waals surface area contributed by atoms with Gasteiger partial charge in [0.25, 0.3) is 28.7 Å². The first-order chi connectivity index (χ1) is 25.0. The molecule has 0 saturated carbocycles. The average Bonchev–Trinajstić information content (AvgIpc) is 3.49. The molecule has 2 aliphatic rings. The van der Waals surface area contributed by atoms with Gasteiger partial charge in [-0.1, -0.05) is 27.0 Å². The van der Waals surface area contributed by atoms with E-state index in [2.05, 4.69) is 48.4 Å². The van der Waals surface area contributed by atoms with Gasteiger partial charge in [-0.3, -0.25) is 4.79 Å². The number of halogens is 21. The largest absolute Gasteiger partial charge is 0.440 e. The molecule has 0 amide bonds. The van der Waals surface area contributed by atoms with E-state index in [1.54, 1.807) is 0 Å². The molecule has 31 heteroatoms. The summed E-state index contributed by atoms with van der Waals surface area (Å²) in [6.45, 7) is 6.89. The minimum atomic E-state index is -6.28. The summed E-state index contributed by atoms with van der Waals surface area (Å²) in [6.07, 6.45) is -53.6. The van der Waals surface area contributed by atoms with Crippen molar-refractivity contribution in [3.8, 4) is 0 Å². The first-order valence-electron chi connectivity index (χ1n) is 13.9. The van der Waals surface area contributed by atoms with Crippen molar-refractivity contribution < 1.29 is 136 Å². The summed E-state index contributed by atoms with van der Waals surface area (Å²) in [4.78, 5) is 43.6. The lowest BCUT2D eigenvalue weighted by Gasteiger charge is -2.31. The van der Waals surface area contributed by atoms with Crippen molar-refractivity contribution in [3.63, 3.8) is 0 Å². The van der Waals surface area contributed by atoms with Crippen LogP contribution in [0.4, 0.5) is 87.8 Å². The van der Waals surface area contributed by atoms with Crippen molar-refractivity contribution in [1.29, 1.82) is 0 Å². The summed E-state index contributed by atoms with van der Waals surface area (Å²) in [6, 6.07) is 0. The van der Waals surface area contributed by atoms with Crippen LogP contribution in [0.5, 0.6) is 0 Å². The topological polar surface area (TPSA) is 135 Å². The molecule has 2 aliphatic heterocycles. The highest BCUT2D eigenvalue weighted by molar-refractivity contribution is 6.67. The van der Waals surface area contributed by atoms with E-state index in [1.165, 1.54) is 0 Å². The van der Waals surface area contributed by atoms with Gasteiger partial charge >= 0.3 is 55.0 Å². The van der Waals surface area contributed by atoms with E-state index in [0.717, 1.165) is 13.8 Å². The molecule has 2 heterocycles. The molecule has 0 aromatic rings. The number of aliphatic hydroxyl groups excluding tert-OH is 1. The van der Waals surface area contributed by atoms with Crippen molar-refractivity contribution in [2.75, 3.05) is 0 Å². The minimum absolute atomic E-state index is 0.852. The molecular formula is C26H21ClF20O10. The molecule has 57 heavy (non-hydrogen) atoms. The summed E-state index contributed by atoms with van der Waals surface area (Å²) in [5.41, 5.74) is -8.43. The smallest absolute Gasteiger partial charge is 0.434 e. The zero-order chi connectivity index (χ0) is 45.9. The van der Waals surface area contributed by atoms with Crippen LogP contribution in [0.15, 0.2) is 24.8 Å². The van der Waals surface area contributed by atoms with E-state index in [1.807, 2.05) is 0 Å². The predicted molar refractivity (Wildman–Crippen MR) is 139 cm³/mol. The van der Waals surface area contributed by atoms with Crippen molar-refractivity contribution >= 4 is 34.8 Å². The third kappa shape index (κ3) is 13.7. The Morgan fingerprint density at radius 3 is 1.16 bits per heavy atom. The highest BCUT2D eigenvalue weighted by Crippen LogP contribution is 2.50. The number of rotatable bonds is 7. The molecule has 0 radical (unpaired) electrons. The summed E-state index contributed by atoms with van der Waals surface area (Å²) in [5, 5.41) is 8.00. The van der Waals surface area contributed by atoms with Crippen LogP contribution in [0.2, 0.25) is 0 Å². The zero-order valence-corrected chi connectivity index (χ0v) is 28.1. The van der Waals surface area contributed by atoms with Gasteiger partial charge in [0.15, 0.2) is 12.1 Å². The Hall–Kier alpha value is -3.67. The number of esters is 3. The number of ether oxygens (including phenoxy) is 5. The fraction of sp³-hybridized carbons (Fsp3) is 0.692. The molecule has 0 aromatic carbocycles. The van der Waals surface area contributed by atoms with E-state index in [9.17, 15) is 107 Å². The van der Waals surface area contributed by atoms with E-state index < -0.39 is 133 Å². The second kappa shape index (κ2) is 18.1. The first kappa shape index (κ1) is 53.3. The van der Waals surface area contributed by atoms with E-state index in [0.29, 0.717) is 0 Å². The lowest BCUT2D eigenvalue weighted by molar-refractivity contribution is -0.331. The van der Waals surface area contributed by atoms with Gasteiger partial charge < -0.3 is 28.8 Å². The Bertz CT molecular complexity index is 1430. The highest BCUT2D eigenvalue weighted by atomic mass is 35.5.